The number of urea groups is 1. The molecular weight excluding hydrogens is 720 g/mol. The monoisotopic (exact) mass is 766 g/mol. The molecular formula is C39H47ClN4O8S. The van der Waals surface area contributed by atoms with E-state index in [1.807, 2.05) is 44.2 Å². The number of hydrogen-bond acceptors (Lipinski definition) is 10. The molecule has 4 N–H and O–H groups in total. The van der Waals surface area contributed by atoms with Crippen molar-refractivity contribution in [2.45, 2.75) is 107 Å². The number of hydrogen-bond donors (Lipinski definition) is 4. The Labute approximate surface area is 317 Å². The molecule has 5 atom stereocenters. The van der Waals surface area contributed by atoms with Crippen LogP contribution in [0.25, 0.3) is 10.8 Å². The number of carbonyl (C=O) groups is 4. The fourth-order valence-corrected chi connectivity index (χ4v) is 10.1. The lowest BCUT2D eigenvalue weighted by Crippen LogP contribution is -2.72. The summed E-state index contributed by atoms with van der Waals surface area (Å²) in [5.74, 6) is -2.08. The van der Waals surface area contributed by atoms with E-state index in [1.165, 1.54) is 6.07 Å². The molecule has 3 aliphatic rings. The lowest BCUT2D eigenvalue weighted by molar-refractivity contribution is -0.162. The van der Waals surface area contributed by atoms with Crippen molar-refractivity contribution in [2.75, 3.05) is 17.7 Å². The number of anilines is 1. The standard InChI is InChI=1S/C39H47ClN4O8S/c1-3-5-14-27(33(46)38(19-6-4-2)39(20-11-10-15-30(45)52-44-38)32-29(23-53-39)42-37(49)43-32)34(47)41-25-16-17-26-28(22-25)35(48)51-36(31(26)40)50-21-18-24-12-8-7-9-13-24/h7-9,12-13,16-17,22,27,29,32,44H,3-6,10-11,14-15,18-21,23H2,1-2H3,(H,41,47)(H2,42,43,49)/t27?,29-,32-,38?,39-/m1/s1. The number of thioether (sulfide) groups is 1. The van der Waals surface area contributed by atoms with Crippen LogP contribution in [-0.4, -0.2) is 58.4 Å². The lowest BCUT2D eigenvalue weighted by atomic mass is 9.66. The molecule has 6 rings (SSSR count). The highest BCUT2D eigenvalue weighted by Crippen LogP contribution is 2.54. The molecule has 0 bridgehead atoms. The van der Waals surface area contributed by atoms with E-state index in [4.69, 9.17) is 25.6 Å². The van der Waals surface area contributed by atoms with Crippen LogP contribution in [0.3, 0.4) is 0 Å². The number of carbonyl (C=O) groups excluding carboxylic acids is 4. The van der Waals surface area contributed by atoms with Crippen LogP contribution in [0.4, 0.5) is 10.5 Å². The molecule has 4 heterocycles. The van der Waals surface area contributed by atoms with Crippen LogP contribution < -0.4 is 31.8 Å². The number of Topliss-reactive ketones (excluding diaryl/α,β-unsaturated/α-hetero) is 1. The number of fused-ring (bicyclic) bond motifs is 3. The Bertz CT molecular complexity index is 1890. The molecule has 2 unspecified atom stereocenters. The minimum Gasteiger partial charge on any atom is -0.464 e. The lowest BCUT2D eigenvalue weighted by Gasteiger charge is -2.50. The first-order valence-corrected chi connectivity index (χ1v) is 19.9. The molecule has 2 aromatic carbocycles. The molecule has 12 nitrogen and oxygen atoms in total. The molecule has 3 saturated heterocycles. The van der Waals surface area contributed by atoms with Gasteiger partial charge in [0.15, 0.2) is 5.78 Å². The van der Waals surface area contributed by atoms with Crippen molar-refractivity contribution in [2.24, 2.45) is 5.92 Å². The summed E-state index contributed by atoms with van der Waals surface area (Å²) in [7, 11) is 0. The van der Waals surface area contributed by atoms with Crippen molar-refractivity contribution in [1.82, 2.24) is 16.1 Å². The van der Waals surface area contributed by atoms with Crippen molar-refractivity contribution in [3.8, 4) is 5.95 Å². The van der Waals surface area contributed by atoms with E-state index >= 15 is 4.79 Å². The Hall–Kier alpha value is -4.07. The van der Waals surface area contributed by atoms with Crippen LogP contribution in [-0.2, 0) is 25.6 Å². The quantitative estimate of drug-likeness (QED) is 0.106. The zero-order valence-corrected chi connectivity index (χ0v) is 31.7. The Morgan fingerprint density at radius 3 is 2.60 bits per heavy atom. The molecule has 0 aliphatic carbocycles. The Balaban J connectivity index is 1.31. The van der Waals surface area contributed by atoms with Gasteiger partial charge in [0, 0.05) is 29.7 Å². The van der Waals surface area contributed by atoms with E-state index in [2.05, 4.69) is 21.4 Å². The summed E-state index contributed by atoms with van der Waals surface area (Å²) in [5, 5.41) is 9.63. The van der Waals surface area contributed by atoms with Crippen LogP contribution >= 0.6 is 23.4 Å². The van der Waals surface area contributed by atoms with Crippen molar-refractivity contribution < 1.29 is 33.2 Å². The number of hydroxylamine groups is 1. The van der Waals surface area contributed by atoms with Crippen LogP contribution in [0.15, 0.2) is 57.7 Å². The largest absolute Gasteiger partial charge is 0.464 e. The van der Waals surface area contributed by atoms with E-state index in [0.717, 1.165) is 18.4 Å². The third-order valence-corrected chi connectivity index (χ3v) is 12.9. The van der Waals surface area contributed by atoms with Crippen LogP contribution in [0.2, 0.25) is 5.02 Å². The second kappa shape index (κ2) is 16.9. The molecule has 0 radical (unpaired) electrons. The molecule has 3 fully saturated rings. The van der Waals surface area contributed by atoms with E-state index < -0.39 is 39.7 Å². The molecule has 284 valence electrons. The normalized spacial score (nSPS) is 24.7. The summed E-state index contributed by atoms with van der Waals surface area (Å²) in [5.41, 5.74) is 2.17. The van der Waals surface area contributed by atoms with Gasteiger partial charge in [-0.15, -0.1) is 17.2 Å². The zero-order chi connectivity index (χ0) is 37.6. The number of rotatable bonds is 14. The molecule has 0 saturated carbocycles. The van der Waals surface area contributed by atoms with Gasteiger partial charge >= 0.3 is 23.6 Å². The molecule has 1 spiro atoms. The number of ketones is 1. The number of unbranched alkanes of at least 4 members (excludes halogenated alkanes) is 2. The molecule has 3 aromatic rings. The minimum absolute atomic E-state index is 0.0858. The van der Waals surface area contributed by atoms with Gasteiger partial charge in [-0.25, -0.2) is 9.59 Å². The van der Waals surface area contributed by atoms with Crippen LogP contribution in [0.1, 0.15) is 83.6 Å². The number of halogens is 1. The van der Waals surface area contributed by atoms with Gasteiger partial charge in [0.1, 0.15) is 10.6 Å². The maximum atomic E-state index is 15.3. The third-order valence-electron chi connectivity index (χ3n) is 10.6. The fourth-order valence-electron chi connectivity index (χ4n) is 7.89. The summed E-state index contributed by atoms with van der Waals surface area (Å²) in [6, 6.07) is 13.5. The summed E-state index contributed by atoms with van der Waals surface area (Å²) in [6.45, 7) is 4.24. The van der Waals surface area contributed by atoms with E-state index in [9.17, 15) is 19.2 Å². The van der Waals surface area contributed by atoms with Gasteiger partial charge in [0.05, 0.1) is 34.7 Å². The fraction of sp³-hybridized carbons (Fsp3) is 0.513. The van der Waals surface area contributed by atoms with Crippen molar-refractivity contribution in [3.63, 3.8) is 0 Å². The van der Waals surface area contributed by atoms with Crippen molar-refractivity contribution in [1.29, 1.82) is 0 Å². The van der Waals surface area contributed by atoms with Gasteiger partial charge in [-0.05, 0) is 43.4 Å². The Kier molecular flexibility index (Phi) is 12.4. The summed E-state index contributed by atoms with van der Waals surface area (Å²) >= 11 is 8.23. The highest BCUT2D eigenvalue weighted by molar-refractivity contribution is 8.01. The Morgan fingerprint density at radius 1 is 1.04 bits per heavy atom. The second-order valence-electron chi connectivity index (χ2n) is 14.1. The topological polar surface area (TPSA) is 165 Å². The predicted octanol–water partition coefficient (Wildman–Crippen LogP) is 6.47. The number of ether oxygens (including phenoxy) is 1. The predicted molar refractivity (Wildman–Crippen MR) is 204 cm³/mol. The smallest absolute Gasteiger partial charge is 0.346 e. The van der Waals surface area contributed by atoms with Crippen LogP contribution in [0.5, 0.6) is 5.95 Å². The Morgan fingerprint density at radius 2 is 1.83 bits per heavy atom. The zero-order valence-electron chi connectivity index (χ0n) is 30.1. The van der Waals surface area contributed by atoms with Crippen LogP contribution in [0, 0.1) is 5.92 Å². The molecule has 14 heteroatoms. The minimum atomic E-state index is -1.49. The van der Waals surface area contributed by atoms with Gasteiger partial charge in [-0.3, -0.25) is 14.4 Å². The van der Waals surface area contributed by atoms with Gasteiger partial charge in [0.2, 0.25) is 5.91 Å². The highest BCUT2D eigenvalue weighted by Gasteiger charge is 2.68. The average Bonchev–Trinajstić information content (AvgIpc) is 3.72. The number of benzene rings is 2. The van der Waals surface area contributed by atoms with Crippen molar-refractivity contribution in [3.05, 3.63) is 69.5 Å². The maximum absolute atomic E-state index is 15.3. The molecule has 3 amide bonds. The van der Waals surface area contributed by atoms with E-state index in [-0.39, 0.29) is 59.3 Å². The average molecular weight is 767 g/mol. The van der Waals surface area contributed by atoms with Crippen molar-refractivity contribution >= 4 is 63.5 Å². The summed E-state index contributed by atoms with van der Waals surface area (Å²) in [4.78, 5) is 74.1. The van der Waals surface area contributed by atoms with Gasteiger partial charge < -0.3 is 29.9 Å². The summed E-state index contributed by atoms with van der Waals surface area (Å²) in [6.07, 6.45) is 5.73. The first-order chi connectivity index (χ1) is 25.6. The number of amides is 3. The first kappa shape index (κ1) is 38.6. The van der Waals surface area contributed by atoms with Gasteiger partial charge in [-0.2, -0.15) is 0 Å². The van der Waals surface area contributed by atoms with E-state index in [1.54, 1.807) is 23.9 Å². The van der Waals surface area contributed by atoms with Gasteiger partial charge in [-0.1, -0.05) is 94.0 Å². The summed E-state index contributed by atoms with van der Waals surface area (Å²) < 4.78 is 10.3. The SMILES string of the molecule is CCCCC(C(=O)Nc1ccc2c(Cl)c(OCCc3ccccc3)oc(=O)c2c1)C(=O)C1(CCCC)NOC(=O)CCCC[C@]12SC[C@H]1NC(=O)N[C@H]12. The number of nitrogens with one attached hydrogen (secondary N) is 4. The third kappa shape index (κ3) is 7.93. The second-order valence-corrected chi connectivity index (χ2v) is 15.8. The molecule has 53 heavy (non-hydrogen) atoms. The first-order valence-electron chi connectivity index (χ1n) is 18.6. The van der Waals surface area contributed by atoms with E-state index in [0.29, 0.717) is 56.1 Å². The molecule has 1 aromatic heterocycles. The highest BCUT2D eigenvalue weighted by atomic mass is 35.5. The maximum Gasteiger partial charge on any atom is 0.346 e. The van der Waals surface area contributed by atoms with Gasteiger partial charge in [0.25, 0.3) is 0 Å². The molecule has 3 aliphatic heterocycles.